The highest BCUT2D eigenvalue weighted by Gasteiger charge is 2.15. The summed E-state index contributed by atoms with van der Waals surface area (Å²) < 4.78 is 0. The van der Waals surface area contributed by atoms with E-state index in [0.717, 1.165) is 50.1 Å². The van der Waals surface area contributed by atoms with Gasteiger partial charge in [-0.3, -0.25) is 10.1 Å². The summed E-state index contributed by atoms with van der Waals surface area (Å²) in [7, 11) is 0. The van der Waals surface area contributed by atoms with Gasteiger partial charge in [-0.15, -0.1) is 0 Å². The number of hydrogen-bond donors (Lipinski definition) is 3. The molecule has 0 aliphatic heterocycles. The van der Waals surface area contributed by atoms with E-state index >= 15 is 0 Å². The highest BCUT2D eigenvalue weighted by Crippen LogP contribution is 2.33. The zero-order valence-electron chi connectivity index (χ0n) is 17.5. The van der Waals surface area contributed by atoms with Crippen LogP contribution in [-0.2, 0) is 0 Å². The van der Waals surface area contributed by atoms with Crippen molar-refractivity contribution < 1.29 is 0 Å². The first-order valence-corrected chi connectivity index (χ1v) is 10.2. The summed E-state index contributed by atoms with van der Waals surface area (Å²) in [5.41, 5.74) is 13.8. The van der Waals surface area contributed by atoms with Crippen molar-refractivity contribution in [3.05, 3.63) is 91.2 Å². The van der Waals surface area contributed by atoms with Gasteiger partial charge in [0.1, 0.15) is 5.65 Å². The molecule has 0 aromatic carbocycles. The number of fused-ring (bicyclic) bond motifs is 2. The molecule has 0 saturated carbocycles. The Bertz CT molecular complexity index is 1500. The third-order valence-electron chi connectivity index (χ3n) is 5.40. The number of pyridine rings is 3. The molecule has 4 N–H and O–H groups in total. The van der Waals surface area contributed by atoms with Crippen molar-refractivity contribution >= 4 is 27.6 Å². The van der Waals surface area contributed by atoms with Crippen LogP contribution in [0, 0.1) is 0 Å². The number of nitrogens with one attached hydrogen (secondary N) is 2. The van der Waals surface area contributed by atoms with Crippen molar-refractivity contribution in [1.29, 1.82) is 0 Å². The Morgan fingerprint density at radius 1 is 1.06 bits per heavy atom. The standard InChI is InChI=1S/C25H21N7/c1-3-15(11-18(26)4-2)17-12-21-23(31-32-25(21)29-14-17)22-13-20-19(7-10-28-24(20)30-22)16-5-8-27-9-6-16/h3-14H,2,26H2,1H3,(H,28,30)(H,29,31,32)/b15-3+,18-11+. The number of H-pyrrole nitrogens is 2. The van der Waals surface area contributed by atoms with Crippen LogP contribution >= 0.6 is 0 Å². The molecule has 5 heterocycles. The van der Waals surface area contributed by atoms with Gasteiger partial charge >= 0.3 is 0 Å². The molecule has 0 spiro atoms. The highest BCUT2D eigenvalue weighted by atomic mass is 15.2. The van der Waals surface area contributed by atoms with Gasteiger partial charge in [-0.25, -0.2) is 9.97 Å². The molecular weight excluding hydrogens is 398 g/mol. The number of hydrogen-bond acceptors (Lipinski definition) is 5. The quantitative estimate of drug-likeness (QED) is 0.348. The zero-order valence-corrected chi connectivity index (χ0v) is 17.5. The van der Waals surface area contributed by atoms with Crippen molar-refractivity contribution in [2.75, 3.05) is 0 Å². The minimum atomic E-state index is 0.593. The molecule has 7 heteroatoms. The van der Waals surface area contributed by atoms with Crippen LogP contribution in [0.1, 0.15) is 12.5 Å². The second-order valence-corrected chi connectivity index (χ2v) is 7.33. The van der Waals surface area contributed by atoms with Crippen molar-refractivity contribution in [2.45, 2.75) is 6.92 Å². The van der Waals surface area contributed by atoms with Gasteiger partial charge in [-0.2, -0.15) is 5.10 Å². The highest BCUT2D eigenvalue weighted by molar-refractivity contribution is 5.99. The maximum absolute atomic E-state index is 5.95. The van der Waals surface area contributed by atoms with Gasteiger partial charge in [0.25, 0.3) is 0 Å². The molecule has 5 aromatic heterocycles. The number of allylic oxidation sites excluding steroid dienone is 4. The lowest BCUT2D eigenvalue weighted by atomic mass is 10.0. The third kappa shape index (κ3) is 3.35. The summed E-state index contributed by atoms with van der Waals surface area (Å²) in [5, 5.41) is 9.45. The van der Waals surface area contributed by atoms with E-state index in [1.165, 1.54) is 0 Å². The maximum Gasteiger partial charge on any atom is 0.181 e. The Labute approximate surface area is 184 Å². The first-order chi connectivity index (χ1) is 15.7. The van der Waals surface area contributed by atoms with Crippen LogP contribution in [0.3, 0.4) is 0 Å². The fourth-order valence-electron chi connectivity index (χ4n) is 3.78. The van der Waals surface area contributed by atoms with Gasteiger partial charge in [0.15, 0.2) is 5.65 Å². The van der Waals surface area contributed by atoms with E-state index in [2.05, 4.69) is 48.8 Å². The summed E-state index contributed by atoms with van der Waals surface area (Å²) in [6, 6.07) is 10.1. The van der Waals surface area contributed by atoms with Crippen LogP contribution < -0.4 is 5.73 Å². The number of nitrogens with two attached hydrogens (primary N) is 1. The Kier molecular flexibility index (Phi) is 4.84. The van der Waals surface area contributed by atoms with Crippen molar-refractivity contribution in [1.82, 2.24) is 30.1 Å². The van der Waals surface area contributed by atoms with Crippen LogP contribution in [0.25, 0.3) is 50.2 Å². The second-order valence-electron chi connectivity index (χ2n) is 7.33. The molecule has 156 valence electrons. The predicted octanol–water partition coefficient (Wildman–Crippen LogP) is 5.00. The molecule has 5 aromatic rings. The molecule has 32 heavy (non-hydrogen) atoms. The minimum absolute atomic E-state index is 0.593. The molecule has 0 atom stereocenters. The minimum Gasteiger partial charge on any atom is -0.399 e. The van der Waals surface area contributed by atoms with Crippen LogP contribution in [0.4, 0.5) is 0 Å². The van der Waals surface area contributed by atoms with E-state index in [9.17, 15) is 0 Å². The van der Waals surface area contributed by atoms with Gasteiger partial charge in [-0.05, 0) is 66.1 Å². The lowest BCUT2D eigenvalue weighted by Gasteiger charge is -2.04. The smallest absolute Gasteiger partial charge is 0.181 e. The predicted molar refractivity (Wildman–Crippen MR) is 128 cm³/mol. The Hall–Kier alpha value is -4.52. The van der Waals surface area contributed by atoms with Crippen molar-refractivity contribution in [3.8, 4) is 22.5 Å². The second kappa shape index (κ2) is 7.96. The monoisotopic (exact) mass is 419 g/mol. The summed E-state index contributed by atoms with van der Waals surface area (Å²) >= 11 is 0. The van der Waals surface area contributed by atoms with Crippen LogP contribution in [-0.4, -0.2) is 30.1 Å². The molecule has 5 rings (SSSR count). The van der Waals surface area contributed by atoms with Gasteiger partial charge in [0.05, 0.1) is 11.4 Å². The molecule has 0 amide bonds. The summed E-state index contributed by atoms with van der Waals surface area (Å²) in [6.07, 6.45) is 12.7. The molecule has 7 nitrogen and oxygen atoms in total. The maximum atomic E-state index is 5.95. The van der Waals surface area contributed by atoms with E-state index in [-0.39, 0.29) is 0 Å². The third-order valence-corrected chi connectivity index (χ3v) is 5.40. The van der Waals surface area contributed by atoms with E-state index in [1.807, 2.05) is 37.3 Å². The summed E-state index contributed by atoms with van der Waals surface area (Å²) in [5.74, 6) is 0. The van der Waals surface area contributed by atoms with Crippen LogP contribution in [0.15, 0.2) is 85.6 Å². The molecule has 0 fully saturated rings. The van der Waals surface area contributed by atoms with Gasteiger partial charge in [0, 0.05) is 46.8 Å². The molecule has 0 radical (unpaired) electrons. The number of aromatic nitrogens is 6. The molecule has 0 saturated heterocycles. The molecular formula is C25H21N7. The van der Waals surface area contributed by atoms with E-state index in [0.29, 0.717) is 11.3 Å². The molecule has 0 unspecified atom stereocenters. The number of aromatic amines is 2. The molecule has 0 aliphatic carbocycles. The lowest BCUT2D eigenvalue weighted by Crippen LogP contribution is -1.94. The molecule has 0 bridgehead atoms. The largest absolute Gasteiger partial charge is 0.399 e. The average Bonchev–Trinajstić information content (AvgIpc) is 3.46. The SMILES string of the molecule is C=C/C(N)=C\C(=C/C)c1cnc2n[nH]c(-c3cc4c(-c5ccncc5)ccnc4[nH]3)c2c1. The van der Waals surface area contributed by atoms with Crippen LogP contribution in [0.2, 0.25) is 0 Å². The number of rotatable bonds is 5. The fourth-order valence-corrected chi connectivity index (χ4v) is 3.78. The van der Waals surface area contributed by atoms with Crippen molar-refractivity contribution in [2.24, 2.45) is 5.73 Å². The Morgan fingerprint density at radius 3 is 2.69 bits per heavy atom. The summed E-state index contributed by atoms with van der Waals surface area (Å²) in [4.78, 5) is 16.6. The summed E-state index contributed by atoms with van der Waals surface area (Å²) in [6.45, 7) is 5.69. The first kappa shape index (κ1) is 19.4. The normalized spacial score (nSPS) is 12.5. The Balaban J connectivity index is 1.65. The average molecular weight is 419 g/mol. The van der Waals surface area contributed by atoms with E-state index in [1.54, 1.807) is 30.9 Å². The first-order valence-electron chi connectivity index (χ1n) is 10.2. The van der Waals surface area contributed by atoms with Crippen LogP contribution in [0.5, 0.6) is 0 Å². The van der Waals surface area contributed by atoms with Gasteiger partial charge < -0.3 is 10.7 Å². The molecule has 0 aliphatic rings. The number of nitrogens with zero attached hydrogens (tertiary/aromatic N) is 4. The van der Waals surface area contributed by atoms with Gasteiger partial charge in [0.2, 0.25) is 0 Å². The topological polar surface area (TPSA) is 109 Å². The Morgan fingerprint density at radius 2 is 1.91 bits per heavy atom. The lowest BCUT2D eigenvalue weighted by molar-refractivity contribution is 1.10. The van der Waals surface area contributed by atoms with E-state index in [4.69, 9.17) is 5.73 Å². The zero-order chi connectivity index (χ0) is 22.1. The fraction of sp³-hybridized carbons (Fsp3) is 0.0400. The van der Waals surface area contributed by atoms with Gasteiger partial charge in [-0.1, -0.05) is 12.7 Å². The van der Waals surface area contributed by atoms with Crippen molar-refractivity contribution in [3.63, 3.8) is 0 Å². The van der Waals surface area contributed by atoms with E-state index < -0.39 is 0 Å².